The summed E-state index contributed by atoms with van der Waals surface area (Å²) < 4.78 is 53.9. The number of imide groups is 1. The Morgan fingerprint density at radius 2 is 1.08 bits per heavy atom. The molecule has 1 fully saturated rings. The molecule has 4 aromatic carbocycles. The second-order valence-electron chi connectivity index (χ2n) is 13.8. The van der Waals surface area contributed by atoms with Crippen LogP contribution >= 0.6 is 0 Å². The van der Waals surface area contributed by atoms with E-state index in [1.807, 2.05) is 55.5 Å². The lowest BCUT2D eigenvalue weighted by Gasteiger charge is -2.18. The molecule has 0 saturated carbocycles. The van der Waals surface area contributed by atoms with Crippen LogP contribution in [0.4, 0.5) is 28.9 Å². The van der Waals surface area contributed by atoms with Crippen LogP contribution in [0, 0.1) is 57.3 Å². The number of para-hydroxylation sites is 1. The number of aromatic nitrogens is 3. The molecule has 6 rings (SSSR count). The number of carbonyl (C=O) groups excluding carboxylic acids is 2. The van der Waals surface area contributed by atoms with Gasteiger partial charge in [-0.05, 0) is 71.7 Å². The zero-order chi connectivity index (χ0) is 50.0. The lowest BCUT2D eigenvalue weighted by molar-refractivity contribution is -0.394. The molecule has 26 heteroatoms. The van der Waals surface area contributed by atoms with Gasteiger partial charge in [0.1, 0.15) is 23.8 Å². The topological polar surface area (TPSA) is 302 Å². The summed E-state index contributed by atoms with van der Waals surface area (Å²) in [7, 11) is 0. The summed E-state index contributed by atoms with van der Waals surface area (Å²) >= 11 is 0. The first-order chi connectivity index (χ1) is 31.1. The number of fused-ring (bicyclic) bond motifs is 1. The number of amides is 2. The highest BCUT2D eigenvalue weighted by Crippen LogP contribution is 2.30. The van der Waals surface area contributed by atoms with Gasteiger partial charge in [0.15, 0.2) is 35.7 Å². The highest BCUT2D eigenvalue weighted by Gasteiger charge is 2.33. The summed E-state index contributed by atoms with van der Waals surface area (Å²) in [6.45, 7) is 10.3. The van der Waals surface area contributed by atoms with E-state index in [0.29, 0.717) is 0 Å². The lowest BCUT2D eigenvalue weighted by atomic mass is 10.1. The molecule has 2 amide bonds. The van der Waals surface area contributed by atoms with Crippen LogP contribution in [0.15, 0.2) is 66.7 Å². The molecule has 1 saturated heterocycles. The minimum Gasteiger partial charge on any atom is -0.274 e. The normalized spacial score (nSPS) is 14.2. The first kappa shape index (κ1) is 55.7. The molecule has 5 N–H and O–H groups in total. The van der Waals surface area contributed by atoms with E-state index in [0.717, 1.165) is 53.5 Å². The SMILES string of the molecule is CC(OO)N1C(=O)CCC1=O.CC(OO)c1cc([N+](=O)[O-])cc([N+](=O)[O-])c1.CC(OO)n1nnc2ccccc21.Cc1c(F)c(F)c(C(C)OO)c(F)c1F.Cc1ccc(C(C)OO)cc1. The third kappa shape index (κ3) is 15.1. The number of benzene rings is 4. The molecule has 22 nitrogen and oxygen atoms in total. The number of aryl methyl sites for hydroxylation is 1. The summed E-state index contributed by atoms with van der Waals surface area (Å²) in [5, 5.41) is 70.4. The standard InChI is InChI=1S/C9H8F4O2.C9H12O2.C8H9N3O2.C8H8N2O6.C6H9NO4/c1-3-6(10)8(12)5(4(2)15-14)9(13)7(3)11;1-7-3-5-9(6-4-7)8(2)11-10;1-6(13-12)11-8-5-3-2-4-7(8)9-10-11;1-5(16-15)6-2-7(9(11)12)4-8(3-6)10(13)14;1-4(11-10)7-5(8)2-3-6(7)9/h4,14H,1-2H3;3-6,8,10H,1-2H3;2-6,12H,1H3;2-5,15H,1H3;4,10H,2-3H2,1H3. The summed E-state index contributed by atoms with van der Waals surface area (Å²) in [6.07, 6.45) is -3.56. The Hall–Kier alpha value is -6.46. The molecule has 1 aliphatic rings. The molecule has 1 aromatic heterocycles. The van der Waals surface area contributed by atoms with Crippen LogP contribution in [-0.4, -0.2) is 74.1 Å². The molecule has 2 heterocycles. The number of rotatable bonds is 12. The number of hydrogen-bond donors (Lipinski definition) is 5. The number of likely N-dealkylation sites (tertiary alicyclic amines) is 1. The Balaban J connectivity index is 0.000000285. The number of non-ortho nitro benzene ring substituents is 2. The number of nitro benzene ring substituents is 2. The van der Waals surface area contributed by atoms with E-state index in [4.69, 9.17) is 26.3 Å². The first-order valence-corrected chi connectivity index (χ1v) is 19.1. The van der Waals surface area contributed by atoms with Crippen molar-refractivity contribution in [2.45, 2.75) is 92.1 Å². The molecule has 5 aromatic rings. The van der Waals surface area contributed by atoms with E-state index in [-0.39, 0.29) is 36.3 Å². The predicted octanol–water partition coefficient (Wildman–Crippen LogP) is 9.11. The van der Waals surface area contributed by atoms with Crippen LogP contribution in [0.5, 0.6) is 0 Å². The summed E-state index contributed by atoms with van der Waals surface area (Å²) in [6, 6.07) is 18.4. The van der Waals surface area contributed by atoms with Gasteiger partial charge in [0.05, 0.1) is 27.0 Å². The zero-order valence-corrected chi connectivity index (χ0v) is 36.1. The van der Waals surface area contributed by atoms with E-state index in [9.17, 15) is 47.4 Å². The van der Waals surface area contributed by atoms with E-state index in [2.05, 4.69) is 34.7 Å². The van der Waals surface area contributed by atoms with Gasteiger partial charge < -0.3 is 0 Å². The van der Waals surface area contributed by atoms with Crippen molar-refractivity contribution in [3.63, 3.8) is 0 Å². The molecule has 0 radical (unpaired) electrons. The van der Waals surface area contributed by atoms with Gasteiger partial charge in [-0.3, -0.25) is 50.5 Å². The first-order valence-electron chi connectivity index (χ1n) is 19.1. The molecular weight excluding hydrogens is 896 g/mol. The van der Waals surface area contributed by atoms with Crippen molar-refractivity contribution in [2.24, 2.45) is 0 Å². The van der Waals surface area contributed by atoms with Crippen LogP contribution in [0.2, 0.25) is 0 Å². The Morgan fingerprint density at radius 1 is 0.621 bits per heavy atom. The Kier molecular flexibility index (Phi) is 22.3. The molecule has 66 heavy (non-hydrogen) atoms. The van der Waals surface area contributed by atoms with E-state index >= 15 is 0 Å². The fourth-order valence-corrected chi connectivity index (χ4v) is 5.44. The van der Waals surface area contributed by atoms with Gasteiger partial charge in [-0.2, -0.15) is 0 Å². The molecule has 360 valence electrons. The van der Waals surface area contributed by atoms with Crippen molar-refractivity contribution in [1.82, 2.24) is 19.9 Å². The summed E-state index contributed by atoms with van der Waals surface area (Å²) in [5.41, 5.74) is 1.40. The van der Waals surface area contributed by atoms with E-state index in [1.54, 1.807) is 13.8 Å². The summed E-state index contributed by atoms with van der Waals surface area (Å²) in [5.74, 6) is -6.70. The van der Waals surface area contributed by atoms with E-state index < -0.39 is 80.3 Å². The average Bonchev–Trinajstić information content (AvgIpc) is 3.91. The maximum absolute atomic E-state index is 13.2. The van der Waals surface area contributed by atoms with Crippen LogP contribution in [-0.2, 0) is 34.0 Å². The van der Waals surface area contributed by atoms with Crippen molar-refractivity contribution in [1.29, 1.82) is 0 Å². The second-order valence-corrected chi connectivity index (χ2v) is 13.8. The van der Waals surface area contributed by atoms with Gasteiger partial charge in [0.25, 0.3) is 11.4 Å². The number of nitrogens with zero attached hydrogens (tertiary/aromatic N) is 6. The molecule has 5 atom stereocenters. The van der Waals surface area contributed by atoms with Crippen LogP contribution < -0.4 is 0 Å². The van der Waals surface area contributed by atoms with Crippen LogP contribution in [0.3, 0.4) is 0 Å². The molecule has 0 bridgehead atoms. The molecule has 1 aliphatic heterocycles. The van der Waals surface area contributed by atoms with Gasteiger partial charge in [-0.15, -0.1) is 5.10 Å². The highest BCUT2D eigenvalue weighted by molar-refractivity contribution is 6.02. The third-order valence-electron chi connectivity index (χ3n) is 9.24. The fraction of sp³-hybridized carbons (Fsp3) is 0.350. The molecule has 5 unspecified atom stereocenters. The van der Waals surface area contributed by atoms with E-state index in [1.165, 1.54) is 24.1 Å². The maximum atomic E-state index is 13.2. The van der Waals surface area contributed by atoms with Gasteiger partial charge in [0, 0.05) is 30.5 Å². The largest absolute Gasteiger partial charge is 0.276 e. The van der Waals surface area contributed by atoms with Crippen LogP contribution in [0.25, 0.3) is 11.0 Å². The monoisotopic (exact) mass is 942 g/mol. The van der Waals surface area contributed by atoms with Gasteiger partial charge in [-0.1, -0.05) is 47.2 Å². The number of nitro groups is 2. The molecule has 0 aliphatic carbocycles. The number of halogens is 4. The van der Waals surface area contributed by atoms with Gasteiger partial charge >= 0.3 is 0 Å². The predicted molar refractivity (Wildman–Crippen MR) is 219 cm³/mol. The third-order valence-corrected chi connectivity index (χ3v) is 9.24. The zero-order valence-electron chi connectivity index (χ0n) is 36.1. The fourth-order valence-electron chi connectivity index (χ4n) is 5.44. The lowest BCUT2D eigenvalue weighted by Crippen LogP contribution is -2.38. The van der Waals surface area contributed by atoms with Crippen LogP contribution in [0.1, 0.15) is 99.8 Å². The summed E-state index contributed by atoms with van der Waals surface area (Å²) in [4.78, 5) is 62.0. The van der Waals surface area contributed by atoms with Crippen molar-refractivity contribution in [2.75, 3.05) is 0 Å². The van der Waals surface area contributed by atoms with Gasteiger partial charge in [0.2, 0.25) is 11.8 Å². The number of carbonyl (C=O) groups is 2. The Morgan fingerprint density at radius 3 is 1.52 bits per heavy atom. The molecular formula is C40H46F4N6O16. The Labute approximate surface area is 371 Å². The minimum absolute atomic E-state index is 0.156. The highest BCUT2D eigenvalue weighted by atomic mass is 19.2. The quantitative estimate of drug-likeness (QED) is 0.0194. The number of hydrogen-bond acceptors (Lipinski definition) is 18. The Bertz CT molecular complexity index is 2340. The smallest absolute Gasteiger partial charge is 0.274 e. The van der Waals surface area contributed by atoms with Crippen molar-refractivity contribution in [3.05, 3.63) is 138 Å². The maximum Gasteiger partial charge on any atom is 0.276 e. The van der Waals surface area contributed by atoms with Gasteiger partial charge in [-0.25, -0.2) is 57.2 Å². The van der Waals surface area contributed by atoms with Crippen molar-refractivity contribution in [3.8, 4) is 0 Å². The second kappa shape index (κ2) is 26.5. The van der Waals surface area contributed by atoms with Crippen molar-refractivity contribution >= 4 is 34.2 Å². The average molecular weight is 943 g/mol. The molecule has 0 spiro atoms. The minimum atomic E-state index is -1.56. The van der Waals surface area contributed by atoms with Crippen molar-refractivity contribution < 1.29 is 87.7 Å².